The van der Waals surface area contributed by atoms with E-state index in [-0.39, 0.29) is 0 Å². The van der Waals surface area contributed by atoms with E-state index in [1.165, 1.54) is 12.8 Å². The van der Waals surface area contributed by atoms with Crippen molar-refractivity contribution in [2.24, 2.45) is 11.1 Å². The molecule has 1 unspecified atom stereocenters. The second-order valence-electron chi connectivity index (χ2n) is 6.67. The maximum absolute atomic E-state index is 6.13. The summed E-state index contributed by atoms with van der Waals surface area (Å²) in [6.07, 6.45) is 5.57. The van der Waals surface area contributed by atoms with Crippen LogP contribution in [-0.2, 0) is 5.54 Å². The Bertz CT molecular complexity index is 399. The maximum Gasteiger partial charge on any atom is 0.246 e. The van der Waals surface area contributed by atoms with Crippen LogP contribution in [0.2, 0.25) is 0 Å². The Morgan fingerprint density at radius 3 is 2.56 bits per heavy atom. The van der Waals surface area contributed by atoms with Crippen LogP contribution in [-0.4, -0.2) is 10.1 Å². The first-order chi connectivity index (χ1) is 8.34. The molecule has 0 amide bonds. The van der Waals surface area contributed by atoms with Gasteiger partial charge in [0.25, 0.3) is 0 Å². The SMILES string of the molecule is CCC(C)(N)c1nc(C2CCC(C)(C)CC2)no1. The van der Waals surface area contributed by atoms with Gasteiger partial charge < -0.3 is 10.3 Å². The van der Waals surface area contributed by atoms with Crippen LogP contribution in [0.1, 0.15) is 77.4 Å². The van der Waals surface area contributed by atoms with Gasteiger partial charge in [0.1, 0.15) is 0 Å². The van der Waals surface area contributed by atoms with E-state index in [2.05, 4.69) is 24.0 Å². The van der Waals surface area contributed by atoms with Crippen LogP contribution in [0.5, 0.6) is 0 Å². The van der Waals surface area contributed by atoms with Crippen LogP contribution in [0.25, 0.3) is 0 Å². The highest BCUT2D eigenvalue weighted by molar-refractivity contribution is 5.04. The van der Waals surface area contributed by atoms with E-state index in [0.29, 0.717) is 17.2 Å². The minimum absolute atomic E-state index is 0.447. The zero-order valence-corrected chi connectivity index (χ0v) is 12.0. The van der Waals surface area contributed by atoms with Crippen molar-refractivity contribution in [2.45, 2.75) is 71.3 Å². The second kappa shape index (κ2) is 4.65. The van der Waals surface area contributed by atoms with Gasteiger partial charge in [-0.15, -0.1) is 0 Å². The lowest BCUT2D eigenvalue weighted by atomic mass is 9.73. The molecule has 102 valence electrons. The Morgan fingerprint density at radius 2 is 2.00 bits per heavy atom. The van der Waals surface area contributed by atoms with Crippen LogP contribution < -0.4 is 5.73 Å². The molecule has 1 aliphatic rings. The quantitative estimate of drug-likeness (QED) is 0.894. The molecule has 1 saturated carbocycles. The van der Waals surface area contributed by atoms with Crippen molar-refractivity contribution >= 4 is 0 Å². The van der Waals surface area contributed by atoms with Crippen molar-refractivity contribution in [2.75, 3.05) is 0 Å². The molecule has 0 aliphatic heterocycles. The van der Waals surface area contributed by atoms with Crippen molar-refractivity contribution in [1.29, 1.82) is 0 Å². The number of hydrogen-bond acceptors (Lipinski definition) is 4. The summed E-state index contributed by atoms with van der Waals surface area (Å²) in [6.45, 7) is 8.64. The molecule has 2 rings (SSSR count). The standard InChI is InChI=1S/C14H25N3O/c1-5-14(4,15)12-16-11(17-18-12)10-6-8-13(2,3)9-7-10/h10H,5-9,15H2,1-4H3. The third-order valence-electron chi connectivity index (χ3n) is 4.37. The Balaban J connectivity index is 2.08. The second-order valence-corrected chi connectivity index (χ2v) is 6.67. The van der Waals surface area contributed by atoms with E-state index in [4.69, 9.17) is 10.3 Å². The van der Waals surface area contributed by atoms with E-state index in [1.807, 2.05) is 13.8 Å². The molecule has 4 nitrogen and oxygen atoms in total. The molecule has 4 heteroatoms. The summed E-state index contributed by atoms with van der Waals surface area (Å²) in [4.78, 5) is 4.52. The smallest absolute Gasteiger partial charge is 0.246 e. The normalized spacial score (nSPS) is 23.8. The maximum atomic E-state index is 6.13. The Kier molecular flexibility index (Phi) is 3.49. The van der Waals surface area contributed by atoms with E-state index >= 15 is 0 Å². The van der Waals surface area contributed by atoms with Gasteiger partial charge in [-0.25, -0.2) is 0 Å². The van der Waals surface area contributed by atoms with Gasteiger partial charge in [0.05, 0.1) is 5.54 Å². The molecule has 0 radical (unpaired) electrons. The molecule has 1 fully saturated rings. The highest BCUT2D eigenvalue weighted by Gasteiger charge is 2.32. The van der Waals surface area contributed by atoms with Gasteiger partial charge in [0.15, 0.2) is 5.82 Å². The van der Waals surface area contributed by atoms with Crippen LogP contribution in [0.3, 0.4) is 0 Å². The first-order valence-electron chi connectivity index (χ1n) is 6.97. The molecule has 0 saturated heterocycles. The molecule has 1 heterocycles. The molecule has 1 aromatic rings. The minimum atomic E-state index is -0.501. The van der Waals surface area contributed by atoms with Crippen LogP contribution in [0, 0.1) is 5.41 Å². The van der Waals surface area contributed by atoms with Crippen molar-refractivity contribution < 1.29 is 4.52 Å². The van der Waals surface area contributed by atoms with Gasteiger partial charge in [-0.05, 0) is 44.4 Å². The third-order valence-corrected chi connectivity index (χ3v) is 4.37. The summed E-state index contributed by atoms with van der Waals surface area (Å²) >= 11 is 0. The van der Waals surface area contributed by atoms with Crippen molar-refractivity contribution in [3.63, 3.8) is 0 Å². The van der Waals surface area contributed by atoms with Gasteiger partial charge in [0.2, 0.25) is 5.89 Å². The molecule has 0 spiro atoms. The third kappa shape index (κ3) is 2.74. The van der Waals surface area contributed by atoms with Gasteiger partial charge in [0, 0.05) is 5.92 Å². The van der Waals surface area contributed by atoms with E-state index in [9.17, 15) is 0 Å². The van der Waals surface area contributed by atoms with Crippen molar-refractivity contribution in [3.8, 4) is 0 Å². The van der Waals surface area contributed by atoms with Crippen molar-refractivity contribution in [1.82, 2.24) is 10.1 Å². The number of hydrogen-bond donors (Lipinski definition) is 1. The molecular formula is C14H25N3O. The fourth-order valence-electron chi connectivity index (χ4n) is 2.44. The topological polar surface area (TPSA) is 64.9 Å². The summed E-state index contributed by atoms with van der Waals surface area (Å²) in [5.41, 5.74) is 6.09. The summed E-state index contributed by atoms with van der Waals surface area (Å²) < 4.78 is 5.34. The summed E-state index contributed by atoms with van der Waals surface area (Å²) in [6, 6.07) is 0. The number of rotatable bonds is 3. The average molecular weight is 251 g/mol. The fourth-order valence-corrected chi connectivity index (χ4v) is 2.44. The average Bonchev–Trinajstić information content (AvgIpc) is 2.79. The highest BCUT2D eigenvalue weighted by atomic mass is 16.5. The minimum Gasteiger partial charge on any atom is -0.337 e. The van der Waals surface area contributed by atoms with Crippen LogP contribution in [0.4, 0.5) is 0 Å². The fraction of sp³-hybridized carbons (Fsp3) is 0.857. The lowest BCUT2D eigenvalue weighted by Crippen LogP contribution is -2.32. The summed E-state index contributed by atoms with van der Waals surface area (Å²) in [7, 11) is 0. The predicted octanol–water partition coefficient (Wildman–Crippen LogP) is 3.34. The number of nitrogens with zero attached hydrogens (tertiary/aromatic N) is 2. The number of nitrogens with two attached hydrogens (primary N) is 1. The molecule has 2 N–H and O–H groups in total. The highest BCUT2D eigenvalue weighted by Crippen LogP contribution is 2.41. The van der Waals surface area contributed by atoms with Crippen molar-refractivity contribution in [3.05, 3.63) is 11.7 Å². The summed E-state index contributed by atoms with van der Waals surface area (Å²) in [5, 5.41) is 4.14. The molecule has 0 aromatic carbocycles. The molecule has 1 aliphatic carbocycles. The van der Waals surface area contributed by atoms with Crippen LogP contribution in [0.15, 0.2) is 4.52 Å². The first-order valence-corrected chi connectivity index (χ1v) is 6.97. The van der Waals surface area contributed by atoms with Gasteiger partial charge in [-0.3, -0.25) is 0 Å². The first kappa shape index (κ1) is 13.5. The lowest BCUT2D eigenvalue weighted by Gasteiger charge is -2.32. The Morgan fingerprint density at radius 1 is 1.39 bits per heavy atom. The monoisotopic (exact) mass is 251 g/mol. The molecule has 1 atom stereocenters. The zero-order valence-electron chi connectivity index (χ0n) is 12.0. The van der Waals surface area contributed by atoms with Gasteiger partial charge >= 0.3 is 0 Å². The van der Waals surface area contributed by atoms with E-state index in [0.717, 1.165) is 25.1 Å². The van der Waals surface area contributed by atoms with Gasteiger partial charge in [-0.2, -0.15) is 4.98 Å². The van der Waals surface area contributed by atoms with Crippen LogP contribution >= 0.6 is 0 Å². The summed E-state index contributed by atoms with van der Waals surface area (Å²) in [5.74, 6) is 1.87. The zero-order chi connectivity index (χ0) is 13.4. The molecule has 18 heavy (non-hydrogen) atoms. The lowest BCUT2D eigenvalue weighted by molar-refractivity contribution is 0.218. The largest absolute Gasteiger partial charge is 0.337 e. The Hall–Kier alpha value is -0.900. The van der Waals surface area contributed by atoms with E-state index < -0.39 is 5.54 Å². The van der Waals surface area contributed by atoms with Gasteiger partial charge in [-0.1, -0.05) is 25.9 Å². The molecular weight excluding hydrogens is 226 g/mol. The Labute approximate surface area is 109 Å². The number of aromatic nitrogens is 2. The molecule has 0 bridgehead atoms. The predicted molar refractivity (Wildman–Crippen MR) is 71.1 cm³/mol. The molecule has 1 aromatic heterocycles. The van der Waals surface area contributed by atoms with E-state index in [1.54, 1.807) is 0 Å².